The van der Waals surface area contributed by atoms with Crippen molar-refractivity contribution in [1.29, 1.82) is 0 Å². The maximum atomic E-state index is 11.4. The Morgan fingerprint density at radius 1 is 1.27 bits per heavy atom. The van der Waals surface area contributed by atoms with Gasteiger partial charge in [-0.15, -0.1) is 0 Å². The minimum atomic E-state index is -0.967. The second kappa shape index (κ2) is 8.15. The summed E-state index contributed by atoms with van der Waals surface area (Å²) in [6.07, 6.45) is 3.05. The Kier molecular flexibility index (Phi) is 5.68. The molecule has 0 amide bonds. The number of nitrogens with zero attached hydrogens (tertiary/aromatic N) is 1. The lowest BCUT2D eigenvalue weighted by atomic mass is 9.96. The Hall–Kier alpha value is -2.66. The van der Waals surface area contributed by atoms with Gasteiger partial charge >= 0.3 is 5.97 Å². The van der Waals surface area contributed by atoms with E-state index in [2.05, 4.69) is 6.92 Å². The number of fused-ring (bicyclic) bond motifs is 2. The number of rotatable bonds is 6. The molecule has 1 heterocycles. The van der Waals surface area contributed by atoms with E-state index in [1.165, 1.54) is 0 Å². The lowest BCUT2D eigenvalue weighted by Crippen LogP contribution is -2.21. The minimum absolute atomic E-state index is 0.00237. The fraction of sp³-hybridized carbons (Fsp3) is 0.333. The highest BCUT2D eigenvalue weighted by Gasteiger charge is 2.23. The largest absolute Gasteiger partial charge is 0.488 e. The van der Waals surface area contributed by atoms with Crippen LogP contribution in [0.3, 0.4) is 0 Å². The molecule has 3 N–H and O–H groups in total. The standard InChI is InChI=1S/C21H24N2O3/c1-2-3-7-16(12-22)23-20-17-8-5-4-6-15(17)13-26-19-10-9-14(21(24)25)11-18(19)20/h4-6,8-11,16H,2-3,7,12-13,22H2,1H3,(H,24,25). The predicted octanol–water partition coefficient (Wildman–Crippen LogP) is 3.63. The summed E-state index contributed by atoms with van der Waals surface area (Å²) in [5.41, 5.74) is 9.66. The van der Waals surface area contributed by atoms with E-state index in [9.17, 15) is 9.90 Å². The van der Waals surface area contributed by atoms with E-state index < -0.39 is 5.97 Å². The molecule has 0 aromatic heterocycles. The van der Waals surface area contributed by atoms with Crippen molar-refractivity contribution in [1.82, 2.24) is 0 Å². The van der Waals surface area contributed by atoms with Crippen molar-refractivity contribution in [3.05, 3.63) is 64.7 Å². The van der Waals surface area contributed by atoms with E-state index in [0.717, 1.165) is 36.1 Å². The summed E-state index contributed by atoms with van der Waals surface area (Å²) in [7, 11) is 0. The number of benzene rings is 2. The molecule has 136 valence electrons. The van der Waals surface area contributed by atoms with E-state index in [1.54, 1.807) is 18.2 Å². The third-order valence-electron chi connectivity index (χ3n) is 4.61. The van der Waals surface area contributed by atoms with E-state index in [0.29, 0.717) is 24.5 Å². The monoisotopic (exact) mass is 352 g/mol. The summed E-state index contributed by atoms with van der Waals surface area (Å²) in [4.78, 5) is 16.4. The molecule has 2 aromatic carbocycles. The van der Waals surface area contributed by atoms with Crippen LogP contribution in [0.15, 0.2) is 47.5 Å². The number of hydrogen-bond acceptors (Lipinski definition) is 4. The first-order valence-electron chi connectivity index (χ1n) is 9.00. The number of ether oxygens (including phenoxy) is 1. The van der Waals surface area contributed by atoms with Crippen LogP contribution in [0.5, 0.6) is 5.75 Å². The molecule has 1 aliphatic rings. The van der Waals surface area contributed by atoms with Crippen molar-refractivity contribution in [2.45, 2.75) is 38.8 Å². The van der Waals surface area contributed by atoms with Gasteiger partial charge in [0.15, 0.2) is 0 Å². The maximum absolute atomic E-state index is 11.4. The van der Waals surface area contributed by atoms with Crippen LogP contribution in [-0.4, -0.2) is 29.4 Å². The average molecular weight is 352 g/mol. The third kappa shape index (κ3) is 3.78. The highest BCUT2D eigenvalue weighted by atomic mass is 16.5. The lowest BCUT2D eigenvalue weighted by molar-refractivity contribution is 0.0697. The van der Waals surface area contributed by atoms with Crippen LogP contribution in [0, 0.1) is 0 Å². The van der Waals surface area contributed by atoms with E-state index in [-0.39, 0.29) is 11.6 Å². The van der Waals surface area contributed by atoms with E-state index in [4.69, 9.17) is 15.5 Å². The van der Waals surface area contributed by atoms with Gasteiger partial charge in [-0.25, -0.2) is 4.79 Å². The van der Waals surface area contributed by atoms with Gasteiger partial charge in [0.1, 0.15) is 12.4 Å². The summed E-state index contributed by atoms with van der Waals surface area (Å²) < 4.78 is 5.93. The van der Waals surface area contributed by atoms with Crippen LogP contribution in [0.4, 0.5) is 0 Å². The Bertz CT molecular complexity index is 830. The molecule has 0 spiro atoms. The first-order valence-corrected chi connectivity index (χ1v) is 9.00. The molecule has 0 bridgehead atoms. The highest BCUT2D eigenvalue weighted by Crippen LogP contribution is 2.30. The van der Waals surface area contributed by atoms with Gasteiger partial charge in [-0.1, -0.05) is 44.0 Å². The van der Waals surface area contributed by atoms with Crippen LogP contribution in [0.2, 0.25) is 0 Å². The van der Waals surface area contributed by atoms with Gasteiger partial charge in [0.25, 0.3) is 0 Å². The van der Waals surface area contributed by atoms with Gasteiger partial charge in [-0.2, -0.15) is 0 Å². The Morgan fingerprint density at radius 3 is 2.81 bits per heavy atom. The Labute approximate surface area is 153 Å². The summed E-state index contributed by atoms with van der Waals surface area (Å²) in [5, 5.41) is 9.38. The number of unbranched alkanes of at least 4 members (excludes halogenated alkanes) is 1. The maximum Gasteiger partial charge on any atom is 0.335 e. The number of aliphatic imine (C=N–C) groups is 1. The quantitative estimate of drug-likeness (QED) is 0.831. The predicted molar refractivity (Wildman–Crippen MR) is 102 cm³/mol. The summed E-state index contributed by atoms with van der Waals surface area (Å²) >= 11 is 0. The summed E-state index contributed by atoms with van der Waals surface area (Å²) in [5.74, 6) is -0.317. The van der Waals surface area contributed by atoms with Crippen molar-refractivity contribution < 1.29 is 14.6 Å². The number of hydrogen-bond donors (Lipinski definition) is 2. The van der Waals surface area contributed by atoms with Gasteiger partial charge in [0.2, 0.25) is 0 Å². The van der Waals surface area contributed by atoms with Gasteiger partial charge in [0, 0.05) is 17.7 Å². The summed E-state index contributed by atoms with van der Waals surface area (Å²) in [6, 6.07) is 12.9. The van der Waals surface area contributed by atoms with Crippen LogP contribution in [-0.2, 0) is 6.61 Å². The van der Waals surface area contributed by atoms with Gasteiger partial charge in [-0.3, -0.25) is 4.99 Å². The number of carbonyl (C=O) groups is 1. The molecule has 2 aromatic rings. The van der Waals surface area contributed by atoms with E-state index in [1.807, 2.05) is 24.3 Å². The zero-order chi connectivity index (χ0) is 18.5. The molecule has 5 heteroatoms. The normalized spacial score (nSPS) is 15.5. The second-order valence-electron chi connectivity index (χ2n) is 6.47. The molecular weight excluding hydrogens is 328 g/mol. The number of nitrogens with two attached hydrogens (primary N) is 1. The first-order chi connectivity index (χ1) is 12.6. The summed E-state index contributed by atoms with van der Waals surface area (Å²) in [6.45, 7) is 3.03. The Balaban J connectivity index is 2.16. The Morgan fingerprint density at radius 2 is 2.08 bits per heavy atom. The fourth-order valence-electron chi connectivity index (χ4n) is 3.15. The van der Waals surface area contributed by atoms with Crippen LogP contribution in [0.1, 0.15) is 53.2 Å². The molecule has 3 rings (SSSR count). The molecule has 0 saturated carbocycles. The molecule has 26 heavy (non-hydrogen) atoms. The number of aromatic carboxylic acids is 1. The number of carboxylic acids is 1. The highest BCUT2D eigenvalue weighted by molar-refractivity contribution is 6.16. The van der Waals surface area contributed by atoms with Crippen molar-refractivity contribution in [3.8, 4) is 5.75 Å². The minimum Gasteiger partial charge on any atom is -0.488 e. The van der Waals surface area contributed by atoms with Crippen LogP contribution >= 0.6 is 0 Å². The van der Waals surface area contributed by atoms with Gasteiger partial charge in [-0.05, 0) is 30.2 Å². The molecular formula is C21H24N2O3. The molecule has 0 saturated heterocycles. The zero-order valence-corrected chi connectivity index (χ0v) is 14.9. The molecule has 1 atom stereocenters. The zero-order valence-electron chi connectivity index (χ0n) is 14.9. The smallest absolute Gasteiger partial charge is 0.335 e. The number of carboxylic acid groups (broad SMARTS) is 1. The fourth-order valence-corrected chi connectivity index (χ4v) is 3.15. The molecule has 5 nitrogen and oxygen atoms in total. The van der Waals surface area contributed by atoms with Crippen molar-refractivity contribution >= 4 is 11.7 Å². The molecule has 0 aliphatic carbocycles. The molecule has 0 radical (unpaired) electrons. The van der Waals surface area contributed by atoms with Crippen molar-refractivity contribution in [2.24, 2.45) is 10.7 Å². The molecule has 1 unspecified atom stereocenters. The van der Waals surface area contributed by atoms with Crippen LogP contribution in [0.25, 0.3) is 0 Å². The topological polar surface area (TPSA) is 84.9 Å². The molecule has 1 aliphatic heterocycles. The molecule has 0 fully saturated rings. The van der Waals surface area contributed by atoms with Crippen LogP contribution < -0.4 is 10.5 Å². The lowest BCUT2D eigenvalue weighted by Gasteiger charge is -2.15. The first kappa shape index (κ1) is 18.1. The average Bonchev–Trinajstić information content (AvgIpc) is 2.81. The SMILES string of the molecule is CCCCC(CN)N=C1c2ccccc2COc2ccc(C(=O)O)cc21. The second-order valence-corrected chi connectivity index (χ2v) is 6.47. The van der Waals surface area contributed by atoms with Crippen molar-refractivity contribution in [3.63, 3.8) is 0 Å². The third-order valence-corrected chi connectivity index (χ3v) is 4.61. The van der Waals surface area contributed by atoms with E-state index >= 15 is 0 Å². The van der Waals surface area contributed by atoms with Crippen molar-refractivity contribution in [2.75, 3.05) is 6.54 Å². The van der Waals surface area contributed by atoms with Gasteiger partial charge < -0.3 is 15.6 Å². The van der Waals surface area contributed by atoms with Gasteiger partial charge in [0.05, 0.1) is 17.3 Å².